The average Bonchev–Trinajstić information content (AvgIpc) is 3.85. The SMILES string of the molecule is CC1(C)c2ccccc2-c2cccc(-c3ccccc3N(c3ccc(-c4cccc5c4ccc4ccccc45)cc3)c3cccc(-c4cccc5c4c4ccccc4n5-c4ccccc4)c3)c21. The second kappa shape index (κ2) is 15.3. The molecule has 11 aromatic carbocycles. The summed E-state index contributed by atoms with van der Waals surface area (Å²) in [6, 6.07) is 89.4. The van der Waals surface area contributed by atoms with E-state index in [0.29, 0.717) is 0 Å². The van der Waals surface area contributed by atoms with Crippen molar-refractivity contribution in [1.29, 1.82) is 0 Å². The Labute approximate surface area is 391 Å². The van der Waals surface area contributed by atoms with Crippen molar-refractivity contribution in [3.63, 3.8) is 0 Å². The van der Waals surface area contributed by atoms with E-state index in [2.05, 4.69) is 266 Å². The van der Waals surface area contributed by atoms with E-state index in [-0.39, 0.29) is 5.41 Å². The second-order valence-corrected chi connectivity index (χ2v) is 18.4. The van der Waals surface area contributed by atoms with Crippen LogP contribution in [0.25, 0.3) is 93.5 Å². The summed E-state index contributed by atoms with van der Waals surface area (Å²) in [6.07, 6.45) is 0. The highest BCUT2D eigenvalue weighted by molar-refractivity contribution is 6.16. The molecule has 1 aromatic heterocycles. The summed E-state index contributed by atoms with van der Waals surface area (Å²) in [6.45, 7) is 4.77. The van der Waals surface area contributed by atoms with Crippen LogP contribution in [-0.2, 0) is 5.41 Å². The topological polar surface area (TPSA) is 8.17 Å². The minimum Gasteiger partial charge on any atom is -0.310 e. The van der Waals surface area contributed by atoms with Gasteiger partial charge in [-0.2, -0.15) is 0 Å². The molecule has 1 heterocycles. The summed E-state index contributed by atoms with van der Waals surface area (Å²) in [7, 11) is 0. The van der Waals surface area contributed by atoms with Crippen molar-refractivity contribution in [3.05, 3.63) is 254 Å². The Morgan fingerprint density at radius 3 is 1.84 bits per heavy atom. The number of anilines is 3. The van der Waals surface area contributed by atoms with Gasteiger partial charge in [0.1, 0.15) is 0 Å². The first-order valence-corrected chi connectivity index (χ1v) is 23.3. The zero-order valence-electron chi connectivity index (χ0n) is 37.5. The molecule has 12 aromatic rings. The lowest BCUT2D eigenvalue weighted by atomic mass is 9.78. The molecule has 1 aliphatic carbocycles. The van der Waals surface area contributed by atoms with Gasteiger partial charge < -0.3 is 9.47 Å². The molecule has 13 rings (SSSR count). The van der Waals surface area contributed by atoms with Crippen molar-refractivity contribution < 1.29 is 0 Å². The molecule has 0 saturated carbocycles. The van der Waals surface area contributed by atoms with Crippen LogP contribution in [0.1, 0.15) is 25.0 Å². The predicted octanol–water partition coefficient (Wildman–Crippen LogP) is 17.9. The van der Waals surface area contributed by atoms with Gasteiger partial charge in [-0.3, -0.25) is 0 Å². The smallest absolute Gasteiger partial charge is 0.0547 e. The van der Waals surface area contributed by atoms with Crippen LogP contribution < -0.4 is 4.90 Å². The molecule has 2 nitrogen and oxygen atoms in total. The molecule has 0 fully saturated rings. The standard InChI is InChI=1S/C65H46N2/c1-65(2)59-32-11-8-24-54(59)56-30-16-31-57(64(56)65)55-25-9-12-33-60(55)66(47-39-36-44(37-40-47)50-27-15-29-52-49-23-7-6-18-43(49)38-41-53(50)52)48-22-14-19-45(42-48)51-28-17-35-62-63(51)58-26-10-13-34-61(58)67(62)46-20-4-3-5-21-46/h3-42H,1-2H3. The number of para-hydroxylation sites is 3. The monoisotopic (exact) mass is 854 g/mol. The quantitative estimate of drug-likeness (QED) is 0.145. The molecule has 0 spiro atoms. The first-order chi connectivity index (χ1) is 33.0. The van der Waals surface area contributed by atoms with Gasteiger partial charge in [0.15, 0.2) is 0 Å². The predicted molar refractivity (Wildman–Crippen MR) is 284 cm³/mol. The molecule has 0 atom stereocenters. The minimum absolute atomic E-state index is 0.177. The highest BCUT2D eigenvalue weighted by Gasteiger charge is 2.38. The van der Waals surface area contributed by atoms with Gasteiger partial charge in [-0.25, -0.2) is 0 Å². The summed E-state index contributed by atoms with van der Waals surface area (Å²) in [5, 5.41) is 7.55. The Bertz CT molecular complexity index is 3890. The van der Waals surface area contributed by atoms with Crippen LogP contribution in [0.3, 0.4) is 0 Å². The third-order valence-electron chi connectivity index (χ3n) is 14.4. The number of nitrogens with zero attached hydrogens (tertiary/aromatic N) is 2. The number of hydrogen-bond acceptors (Lipinski definition) is 1. The van der Waals surface area contributed by atoms with Gasteiger partial charge in [-0.05, 0) is 126 Å². The largest absolute Gasteiger partial charge is 0.310 e. The lowest BCUT2D eigenvalue weighted by Gasteiger charge is -2.30. The number of fused-ring (bicyclic) bond motifs is 9. The Morgan fingerprint density at radius 1 is 0.358 bits per heavy atom. The van der Waals surface area contributed by atoms with E-state index in [0.717, 1.165) is 22.7 Å². The molecule has 1 aliphatic rings. The maximum atomic E-state index is 2.47. The fourth-order valence-electron chi connectivity index (χ4n) is 11.4. The third-order valence-corrected chi connectivity index (χ3v) is 14.4. The fraction of sp³-hybridized carbons (Fsp3) is 0.0462. The van der Waals surface area contributed by atoms with Gasteiger partial charge in [-0.1, -0.05) is 202 Å². The summed E-state index contributed by atoms with van der Waals surface area (Å²) in [5.74, 6) is 0. The first-order valence-electron chi connectivity index (χ1n) is 23.3. The molecule has 2 heteroatoms. The van der Waals surface area contributed by atoms with E-state index in [1.807, 2.05) is 0 Å². The Kier molecular flexibility index (Phi) is 8.91. The molecule has 0 amide bonds. The van der Waals surface area contributed by atoms with Crippen LogP contribution >= 0.6 is 0 Å². The summed E-state index contributed by atoms with van der Waals surface area (Å²) in [5.41, 5.74) is 19.3. The fourth-order valence-corrected chi connectivity index (χ4v) is 11.4. The zero-order valence-corrected chi connectivity index (χ0v) is 37.5. The van der Waals surface area contributed by atoms with Gasteiger partial charge in [0.05, 0.1) is 16.7 Å². The van der Waals surface area contributed by atoms with E-state index < -0.39 is 0 Å². The number of aromatic nitrogens is 1. The lowest BCUT2D eigenvalue weighted by Crippen LogP contribution is -2.17. The lowest BCUT2D eigenvalue weighted by molar-refractivity contribution is 0.662. The average molecular weight is 855 g/mol. The van der Waals surface area contributed by atoms with Gasteiger partial charge in [0, 0.05) is 38.8 Å². The highest BCUT2D eigenvalue weighted by Crippen LogP contribution is 2.54. The molecule has 0 N–H and O–H groups in total. The molecule has 67 heavy (non-hydrogen) atoms. The van der Waals surface area contributed by atoms with Crippen molar-refractivity contribution in [3.8, 4) is 50.2 Å². The van der Waals surface area contributed by atoms with Crippen molar-refractivity contribution >= 4 is 60.4 Å². The van der Waals surface area contributed by atoms with Crippen molar-refractivity contribution in [2.24, 2.45) is 0 Å². The van der Waals surface area contributed by atoms with Crippen LogP contribution in [0.15, 0.2) is 243 Å². The van der Waals surface area contributed by atoms with E-state index >= 15 is 0 Å². The van der Waals surface area contributed by atoms with Crippen LogP contribution in [0.5, 0.6) is 0 Å². The minimum atomic E-state index is -0.177. The van der Waals surface area contributed by atoms with Crippen molar-refractivity contribution in [2.75, 3.05) is 4.90 Å². The van der Waals surface area contributed by atoms with E-state index in [9.17, 15) is 0 Å². The van der Waals surface area contributed by atoms with Crippen LogP contribution in [0.2, 0.25) is 0 Å². The zero-order chi connectivity index (χ0) is 44.6. The third kappa shape index (κ3) is 6.10. The number of benzene rings is 11. The maximum absolute atomic E-state index is 2.47. The molecular weight excluding hydrogens is 809 g/mol. The molecule has 0 unspecified atom stereocenters. The maximum Gasteiger partial charge on any atom is 0.0547 e. The van der Waals surface area contributed by atoms with Crippen molar-refractivity contribution in [2.45, 2.75) is 19.3 Å². The van der Waals surface area contributed by atoms with E-state index in [1.54, 1.807) is 0 Å². The molecule has 0 bridgehead atoms. The first kappa shape index (κ1) is 39.0. The Morgan fingerprint density at radius 2 is 0.970 bits per heavy atom. The van der Waals surface area contributed by atoms with E-state index in [4.69, 9.17) is 0 Å². The van der Waals surface area contributed by atoms with Gasteiger partial charge in [0.2, 0.25) is 0 Å². The number of rotatable bonds is 7. The summed E-state index contributed by atoms with van der Waals surface area (Å²) < 4.78 is 2.40. The van der Waals surface area contributed by atoms with Crippen molar-refractivity contribution in [1.82, 2.24) is 4.57 Å². The molecule has 0 radical (unpaired) electrons. The molecular formula is C65H46N2. The van der Waals surface area contributed by atoms with Crippen LogP contribution in [0, 0.1) is 0 Å². The summed E-state index contributed by atoms with van der Waals surface area (Å²) in [4.78, 5) is 2.47. The van der Waals surface area contributed by atoms with Crippen LogP contribution in [-0.4, -0.2) is 4.57 Å². The molecule has 0 saturated heterocycles. The van der Waals surface area contributed by atoms with Gasteiger partial charge in [-0.15, -0.1) is 0 Å². The Balaban J connectivity index is 1.01. The summed E-state index contributed by atoms with van der Waals surface area (Å²) >= 11 is 0. The highest BCUT2D eigenvalue weighted by atomic mass is 15.1. The van der Waals surface area contributed by atoms with E-state index in [1.165, 1.54) is 99.0 Å². The number of hydrogen-bond donors (Lipinski definition) is 0. The second-order valence-electron chi connectivity index (χ2n) is 18.4. The molecule has 0 aliphatic heterocycles. The normalized spacial score (nSPS) is 12.7. The van der Waals surface area contributed by atoms with Gasteiger partial charge in [0.25, 0.3) is 0 Å². The van der Waals surface area contributed by atoms with Crippen LogP contribution in [0.4, 0.5) is 17.1 Å². The molecule has 316 valence electrons. The Hall–Kier alpha value is -8.46. The van der Waals surface area contributed by atoms with Gasteiger partial charge >= 0.3 is 0 Å².